The van der Waals surface area contributed by atoms with Crippen LogP contribution in [0.1, 0.15) is 54.0 Å². The van der Waals surface area contributed by atoms with Crippen LogP contribution in [-0.2, 0) is 4.79 Å². The molecule has 2 aromatic heterocycles. The zero-order chi connectivity index (χ0) is 20.4. The fraction of sp³-hybridized carbons (Fsp3) is 0.556. The molecule has 0 radical (unpaired) electrons. The minimum atomic E-state index is -0.247. The molecular weight excluding hydrogens is 408 g/mol. The Morgan fingerprint density at radius 1 is 1.07 bits per heavy atom. The van der Waals surface area contributed by atoms with Gasteiger partial charge >= 0.3 is 0 Å². The highest BCUT2D eigenvalue weighted by Gasteiger charge is 2.55. The van der Waals surface area contributed by atoms with E-state index < -0.39 is 0 Å². The summed E-state index contributed by atoms with van der Waals surface area (Å²) in [7, 11) is 3.61. The molecule has 0 aromatic carbocycles. The van der Waals surface area contributed by atoms with Crippen molar-refractivity contribution in [2.24, 2.45) is 5.41 Å². The zero-order valence-corrected chi connectivity index (χ0v) is 18.0. The monoisotopic (exact) mass is 432 g/mol. The molecular formula is C18H24N8OS2. The van der Waals surface area contributed by atoms with Crippen molar-refractivity contribution in [1.82, 2.24) is 25.7 Å². The summed E-state index contributed by atoms with van der Waals surface area (Å²) < 4.78 is 0. The van der Waals surface area contributed by atoms with Gasteiger partial charge in [-0.25, -0.2) is 0 Å². The van der Waals surface area contributed by atoms with E-state index in [1.807, 2.05) is 7.05 Å². The van der Waals surface area contributed by atoms with E-state index in [4.69, 9.17) is 5.41 Å². The van der Waals surface area contributed by atoms with Gasteiger partial charge in [0, 0.05) is 31.6 Å². The topological polar surface area (TPSA) is 129 Å². The van der Waals surface area contributed by atoms with Gasteiger partial charge < -0.3 is 21.4 Å². The summed E-state index contributed by atoms with van der Waals surface area (Å²) in [6.07, 6.45) is 7.81. The molecule has 1 amide bonds. The highest BCUT2D eigenvalue weighted by molar-refractivity contribution is 7.15. The van der Waals surface area contributed by atoms with Crippen LogP contribution in [-0.4, -0.2) is 46.1 Å². The van der Waals surface area contributed by atoms with Crippen molar-refractivity contribution in [1.29, 1.82) is 5.41 Å². The molecule has 2 aromatic rings. The molecule has 154 valence electrons. The SMILES string of the molecule is CN/C=C\C(=N)CC(=O)Nc1nnc(C2CC3(CC(c4nnc(NC)s4)C3)C2)s1. The number of aromatic nitrogens is 4. The summed E-state index contributed by atoms with van der Waals surface area (Å²) in [5, 5.41) is 36.7. The van der Waals surface area contributed by atoms with Crippen molar-refractivity contribution in [3.63, 3.8) is 0 Å². The largest absolute Gasteiger partial charge is 0.394 e. The lowest BCUT2D eigenvalue weighted by molar-refractivity contribution is -0.115. The van der Waals surface area contributed by atoms with Gasteiger partial charge in [0.25, 0.3) is 0 Å². The minimum Gasteiger partial charge on any atom is -0.394 e. The normalized spacial score (nSPS) is 25.4. The maximum atomic E-state index is 12.0. The van der Waals surface area contributed by atoms with Gasteiger partial charge in [0.05, 0.1) is 6.42 Å². The van der Waals surface area contributed by atoms with Crippen LogP contribution >= 0.6 is 22.7 Å². The van der Waals surface area contributed by atoms with Gasteiger partial charge in [0.1, 0.15) is 10.0 Å². The van der Waals surface area contributed by atoms with Gasteiger partial charge in [-0.1, -0.05) is 22.7 Å². The van der Waals surface area contributed by atoms with E-state index >= 15 is 0 Å². The summed E-state index contributed by atoms with van der Waals surface area (Å²) in [4.78, 5) is 12.0. The van der Waals surface area contributed by atoms with E-state index in [0.717, 1.165) is 28.0 Å². The molecule has 0 aliphatic heterocycles. The molecule has 2 saturated carbocycles. The first-order valence-electron chi connectivity index (χ1n) is 9.56. The molecule has 29 heavy (non-hydrogen) atoms. The first-order chi connectivity index (χ1) is 14.0. The number of hydrogen-bond donors (Lipinski definition) is 4. The number of carbonyl (C=O) groups excluding carboxylic acids is 1. The van der Waals surface area contributed by atoms with Crippen molar-refractivity contribution in [3.8, 4) is 0 Å². The fourth-order valence-corrected chi connectivity index (χ4v) is 5.84. The lowest BCUT2D eigenvalue weighted by Gasteiger charge is -2.56. The summed E-state index contributed by atoms with van der Waals surface area (Å²) in [6.45, 7) is 0. The van der Waals surface area contributed by atoms with E-state index in [0.29, 0.717) is 22.4 Å². The second-order valence-electron chi connectivity index (χ2n) is 7.72. The van der Waals surface area contributed by atoms with Gasteiger partial charge in [-0.15, -0.1) is 20.4 Å². The number of rotatable bonds is 8. The molecule has 2 aliphatic carbocycles. The predicted octanol–water partition coefficient (Wildman–Crippen LogP) is 2.95. The lowest BCUT2D eigenvalue weighted by Crippen LogP contribution is -2.45. The molecule has 2 fully saturated rings. The predicted molar refractivity (Wildman–Crippen MR) is 115 cm³/mol. The maximum absolute atomic E-state index is 12.0. The first-order valence-corrected chi connectivity index (χ1v) is 11.2. The quantitative estimate of drug-likeness (QED) is 0.472. The van der Waals surface area contributed by atoms with Crippen LogP contribution in [0.15, 0.2) is 12.3 Å². The second-order valence-corrected chi connectivity index (χ2v) is 9.74. The highest BCUT2D eigenvalue weighted by atomic mass is 32.1. The molecule has 0 saturated heterocycles. The third kappa shape index (κ3) is 4.30. The number of anilines is 2. The van der Waals surface area contributed by atoms with Crippen molar-refractivity contribution in [2.75, 3.05) is 24.7 Å². The second kappa shape index (κ2) is 8.15. The van der Waals surface area contributed by atoms with Gasteiger partial charge in [0.15, 0.2) is 0 Å². The molecule has 2 heterocycles. The Morgan fingerprint density at radius 2 is 1.66 bits per heavy atom. The van der Waals surface area contributed by atoms with E-state index in [-0.39, 0.29) is 18.0 Å². The average Bonchev–Trinajstić information content (AvgIpc) is 3.27. The zero-order valence-electron chi connectivity index (χ0n) is 16.4. The summed E-state index contributed by atoms with van der Waals surface area (Å²) in [5.41, 5.74) is 0.657. The van der Waals surface area contributed by atoms with Crippen molar-refractivity contribution < 1.29 is 4.79 Å². The van der Waals surface area contributed by atoms with Crippen LogP contribution in [0.4, 0.5) is 10.3 Å². The van der Waals surface area contributed by atoms with E-state index in [1.54, 1.807) is 30.7 Å². The highest BCUT2D eigenvalue weighted by Crippen LogP contribution is 2.66. The number of nitrogens with zero attached hydrogens (tertiary/aromatic N) is 4. The van der Waals surface area contributed by atoms with Gasteiger partial charge in [0.2, 0.25) is 16.2 Å². The Kier molecular flexibility index (Phi) is 5.59. The van der Waals surface area contributed by atoms with Gasteiger partial charge in [-0.3, -0.25) is 4.79 Å². The van der Waals surface area contributed by atoms with Crippen LogP contribution in [0.5, 0.6) is 0 Å². The van der Waals surface area contributed by atoms with Crippen LogP contribution in [0.2, 0.25) is 0 Å². The standard InChI is InChI=1S/C18H24N8OS2/c1-20-4-3-12(19)5-13(27)22-17-26-24-15(29-17)11-8-18(9-11)6-10(7-18)14-23-25-16(21-2)28-14/h3-4,10-11,19-20H,5-9H2,1-2H3,(H,21,25)(H,22,26,27)/b4-3-,19-12?. The fourth-order valence-electron chi connectivity index (χ4n) is 4.18. The van der Waals surface area contributed by atoms with Crippen LogP contribution in [0.3, 0.4) is 0 Å². The van der Waals surface area contributed by atoms with E-state index in [2.05, 4.69) is 36.3 Å². The van der Waals surface area contributed by atoms with Crippen molar-refractivity contribution >= 4 is 44.6 Å². The third-order valence-corrected chi connectivity index (χ3v) is 7.66. The Bertz CT molecular complexity index is 922. The number of amides is 1. The minimum absolute atomic E-state index is 0.0158. The van der Waals surface area contributed by atoms with E-state index in [9.17, 15) is 4.79 Å². The van der Waals surface area contributed by atoms with Crippen LogP contribution in [0, 0.1) is 10.8 Å². The van der Waals surface area contributed by atoms with Crippen molar-refractivity contribution in [3.05, 3.63) is 22.3 Å². The number of nitrogens with one attached hydrogen (secondary N) is 4. The Labute approximate surface area is 176 Å². The number of allylic oxidation sites excluding steroid dienone is 1. The summed E-state index contributed by atoms with van der Waals surface area (Å²) in [6, 6.07) is 0. The maximum Gasteiger partial charge on any atom is 0.232 e. The molecule has 0 atom stereocenters. The number of hydrogen-bond acceptors (Lipinski definition) is 10. The molecule has 4 N–H and O–H groups in total. The van der Waals surface area contributed by atoms with Gasteiger partial charge in [-0.05, 0) is 43.4 Å². The van der Waals surface area contributed by atoms with Gasteiger partial charge in [-0.2, -0.15) is 0 Å². The molecule has 2 aliphatic rings. The molecule has 11 heteroatoms. The Hall–Kier alpha value is -2.40. The summed E-state index contributed by atoms with van der Waals surface area (Å²) >= 11 is 3.10. The first kappa shape index (κ1) is 19.9. The Balaban J connectivity index is 1.24. The number of carbonyl (C=O) groups is 1. The molecule has 4 rings (SSSR count). The average molecular weight is 433 g/mol. The molecule has 1 spiro atoms. The third-order valence-electron chi connectivity index (χ3n) is 5.56. The molecule has 0 bridgehead atoms. The lowest BCUT2D eigenvalue weighted by atomic mass is 9.48. The smallest absolute Gasteiger partial charge is 0.232 e. The Morgan fingerprint density at radius 3 is 2.21 bits per heavy atom. The van der Waals surface area contributed by atoms with Crippen LogP contribution in [0.25, 0.3) is 0 Å². The summed E-state index contributed by atoms with van der Waals surface area (Å²) in [5.74, 6) is 0.716. The van der Waals surface area contributed by atoms with Crippen molar-refractivity contribution in [2.45, 2.75) is 43.9 Å². The molecule has 0 unspecified atom stereocenters. The van der Waals surface area contributed by atoms with E-state index in [1.165, 1.54) is 24.2 Å². The van der Waals surface area contributed by atoms with Crippen LogP contribution < -0.4 is 16.0 Å². The molecule has 9 nitrogen and oxygen atoms in total.